The highest BCUT2D eigenvalue weighted by atomic mass is 79.9. The Kier molecular flexibility index (Phi) is 4.58. The van der Waals surface area contributed by atoms with Crippen molar-refractivity contribution in [3.63, 3.8) is 0 Å². The summed E-state index contributed by atoms with van der Waals surface area (Å²) in [5.74, 6) is -0.0435. The van der Waals surface area contributed by atoms with Gasteiger partial charge in [0.25, 0.3) is 5.56 Å². The van der Waals surface area contributed by atoms with Crippen molar-refractivity contribution in [2.45, 2.75) is 32.7 Å². The summed E-state index contributed by atoms with van der Waals surface area (Å²) in [6, 6.07) is 3.85. The molecule has 1 amide bonds. The minimum atomic E-state index is -0.169. The van der Waals surface area contributed by atoms with Gasteiger partial charge in [0.15, 0.2) is 0 Å². The number of hydrazone groups is 1. The molecule has 0 aromatic carbocycles. The Hall–Kier alpha value is -1.77. The van der Waals surface area contributed by atoms with Crippen LogP contribution in [0.4, 0.5) is 0 Å². The maximum Gasteiger partial charge on any atom is 0.258 e. The van der Waals surface area contributed by atoms with Crippen molar-refractivity contribution < 1.29 is 4.79 Å². The second kappa shape index (κ2) is 6.75. The quantitative estimate of drug-likeness (QED) is 0.623. The maximum absolute atomic E-state index is 12.7. The van der Waals surface area contributed by atoms with E-state index in [4.69, 9.17) is 0 Å². The number of aryl methyl sites for hydroxylation is 1. The van der Waals surface area contributed by atoms with Gasteiger partial charge < -0.3 is 4.98 Å². The summed E-state index contributed by atoms with van der Waals surface area (Å²) < 4.78 is 1.01. The molecule has 26 heavy (non-hydrogen) atoms. The molecule has 3 aromatic rings. The lowest BCUT2D eigenvalue weighted by atomic mass is 9.97. The smallest absolute Gasteiger partial charge is 0.258 e. The second-order valence-electron chi connectivity index (χ2n) is 6.16. The van der Waals surface area contributed by atoms with Gasteiger partial charge in [0, 0.05) is 18.2 Å². The third-order valence-corrected chi connectivity index (χ3v) is 6.98. The van der Waals surface area contributed by atoms with Gasteiger partial charge in [0.05, 0.1) is 21.1 Å². The van der Waals surface area contributed by atoms with Gasteiger partial charge in [0.2, 0.25) is 5.91 Å². The largest absolute Gasteiger partial charge is 0.313 e. The molecule has 1 aliphatic heterocycles. The number of rotatable bonds is 3. The number of amides is 1. The van der Waals surface area contributed by atoms with Crippen molar-refractivity contribution in [3.05, 3.63) is 53.7 Å². The van der Waals surface area contributed by atoms with E-state index in [2.05, 4.69) is 26.0 Å². The molecule has 0 saturated carbocycles. The normalized spacial score (nSPS) is 17.1. The van der Waals surface area contributed by atoms with Gasteiger partial charge in [-0.3, -0.25) is 9.59 Å². The fourth-order valence-electron chi connectivity index (χ4n) is 3.33. The highest BCUT2D eigenvalue weighted by molar-refractivity contribution is 9.11. The minimum Gasteiger partial charge on any atom is -0.313 e. The third-order valence-electron chi connectivity index (χ3n) is 4.63. The fraction of sp³-hybridized carbons (Fsp3) is 0.278. The van der Waals surface area contributed by atoms with Crippen LogP contribution in [0.1, 0.15) is 42.5 Å². The van der Waals surface area contributed by atoms with Gasteiger partial charge >= 0.3 is 0 Å². The molecule has 1 aliphatic rings. The zero-order valence-electron chi connectivity index (χ0n) is 14.2. The molecular weight excluding hydrogens is 434 g/mol. The molecular formula is C18H16BrN3O2S2. The number of nitrogens with one attached hydrogen (secondary N) is 1. The number of nitrogens with zero attached hydrogens (tertiary/aromatic N) is 2. The lowest BCUT2D eigenvalue weighted by Gasteiger charge is -2.20. The van der Waals surface area contributed by atoms with Crippen LogP contribution in [0.15, 0.2) is 36.6 Å². The Morgan fingerprint density at radius 2 is 2.27 bits per heavy atom. The number of aromatic nitrogens is 1. The monoisotopic (exact) mass is 449 g/mol. The van der Waals surface area contributed by atoms with Crippen LogP contribution in [-0.4, -0.2) is 21.6 Å². The Morgan fingerprint density at radius 3 is 2.96 bits per heavy atom. The number of carbonyl (C=O) groups is 1. The highest BCUT2D eigenvalue weighted by Gasteiger charge is 2.34. The summed E-state index contributed by atoms with van der Waals surface area (Å²) >= 11 is 6.58. The van der Waals surface area contributed by atoms with Crippen LogP contribution in [0.25, 0.3) is 10.2 Å². The number of pyridine rings is 1. The first-order valence-electron chi connectivity index (χ1n) is 8.23. The van der Waals surface area contributed by atoms with Crippen LogP contribution in [0, 0.1) is 6.92 Å². The molecule has 8 heteroatoms. The summed E-state index contributed by atoms with van der Waals surface area (Å²) in [4.78, 5) is 29.0. The minimum absolute atomic E-state index is 0.0435. The molecule has 4 rings (SSSR count). The van der Waals surface area contributed by atoms with Crippen molar-refractivity contribution >= 4 is 60.4 Å². The number of hydrogen-bond donors (Lipinski definition) is 1. The predicted molar refractivity (Wildman–Crippen MR) is 110 cm³/mol. The van der Waals surface area contributed by atoms with Crippen molar-refractivity contribution in [1.82, 2.24) is 9.99 Å². The number of carbonyl (C=O) groups excluding carboxylic acids is 1. The second-order valence-corrected chi connectivity index (χ2v) is 9.37. The standard InChI is InChI=1S/C18H16BrN3O2S2/c1-3-15(23)22-13(10-6-14(19)26-8-10)7-12(21-22)16-9(2)11-4-5-25-18(11)20-17(16)24/h4-6,8,13H,3,7H2,1-2H3,(H,20,24). The van der Waals surface area contributed by atoms with Gasteiger partial charge in [-0.05, 0) is 56.9 Å². The fourth-order valence-corrected chi connectivity index (χ4v) is 5.39. The van der Waals surface area contributed by atoms with E-state index in [1.807, 2.05) is 36.7 Å². The molecule has 0 saturated heterocycles. The zero-order valence-corrected chi connectivity index (χ0v) is 17.4. The lowest BCUT2D eigenvalue weighted by Crippen LogP contribution is -2.25. The number of halogens is 1. The summed E-state index contributed by atoms with van der Waals surface area (Å²) in [6.45, 7) is 3.77. The van der Waals surface area contributed by atoms with E-state index in [9.17, 15) is 9.59 Å². The topological polar surface area (TPSA) is 65.5 Å². The molecule has 3 aromatic heterocycles. The highest BCUT2D eigenvalue weighted by Crippen LogP contribution is 2.37. The number of fused-ring (bicyclic) bond motifs is 1. The Bertz CT molecular complexity index is 1100. The molecule has 1 unspecified atom stereocenters. The van der Waals surface area contributed by atoms with E-state index < -0.39 is 0 Å². The molecule has 0 spiro atoms. The Labute approximate surface area is 166 Å². The number of hydrogen-bond acceptors (Lipinski definition) is 5. The van der Waals surface area contributed by atoms with Crippen molar-refractivity contribution in [2.75, 3.05) is 0 Å². The maximum atomic E-state index is 12.7. The van der Waals surface area contributed by atoms with Crippen LogP contribution in [-0.2, 0) is 4.79 Å². The van der Waals surface area contributed by atoms with Crippen LogP contribution < -0.4 is 5.56 Å². The van der Waals surface area contributed by atoms with Gasteiger partial charge in [0.1, 0.15) is 4.83 Å². The van der Waals surface area contributed by atoms with Gasteiger partial charge in [-0.15, -0.1) is 22.7 Å². The Balaban J connectivity index is 1.82. The van der Waals surface area contributed by atoms with E-state index in [1.165, 1.54) is 11.3 Å². The van der Waals surface area contributed by atoms with E-state index >= 15 is 0 Å². The first-order chi connectivity index (χ1) is 12.5. The SMILES string of the molecule is CCC(=O)N1N=C(c2c(C)c3ccsc3[nH]c2=O)CC1c1csc(Br)c1. The van der Waals surface area contributed by atoms with E-state index in [-0.39, 0.29) is 17.5 Å². The van der Waals surface area contributed by atoms with Crippen molar-refractivity contribution in [3.8, 4) is 0 Å². The third kappa shape index (κ3) is 2.86. The van der Waals surface area contributed by atoms with E-state index in [0.717, 1.165) is 25.1 Å². The van der Waals surface area contributed by atoms with E-state index in [1.54, 1.807) is 16.3 Å². The summed E-state index contributed by atoms with van der Waals surface area (Å²) in [5.41, 5.74) is 3.06. The molecule has 5 nitrogen and oxygen atoms in total. The van der Waals surface area contributed by atoms with Crippen LogP contribution >= 0.6 is 38.6 Å². The molecule has 1 atom stereocenters. The molecule has 0 bridgehead atoms. The summed E-state index contributed by atoms with van der Waals surface area (Å²) in [7, 11) is 0. The number of H-pyrrole nitrogens is 1. The van der Waals surface area contributed by atoms with Crippen LogP contribution in [0.5, 0.6) is 0 Å². The average Bonchev–Trinajstić information content (AvgIpc) is 3.33. The first kappa shape index (κ1) is 17.6. The number of thiophene rings is 2. The zero-order chi connectivity index (χ0) is 18.4. The number of aromatic amines is 1. The summed E-state index contributed by atoms with van der Waals surface area (Å²) in [5, 5.41) is 11.1. The van der Waals surface area contributed by atoms with Crippen LogP contribution in [0.3, 0.4) is 0 Å². The van der Waals surface area contributed by atoms with Gasteiger partial charge in [-0.25, -0.2) is 5.01 Å². The molecule has 4 heterocycles. The molecule has 0 radical (unpaired) electrons. The molecule has 1 N–H and O–H groups in total. The van der Waals surface area contributed by atoms with Crippen molar-refractivity contribution in [2.24, 2.45) is 5.10 Å². The van der Waals surface area contributed by atoms with Crippen molar-refractivity contribution in [1.29, 1.82) is 0 Å². The van der Waals surface area contributed by atoms with Gasteiger partial charge in [-0.2, -0.15) is 5.10 Å². The van der Waals surface area contributed by atoms with E-state index in [0.29, 0.717) is 24.1 Å². The van der Waals surface area contributed by atoms with Crippen LogP contribution in [0.2, 0.25) is 0 Å². The average molecular weight is 450 g/mol. The molecule has 0 aliphatic carbocycles. The first-order valence-corrected chi connectivity index (χ1v) is 10.8. The molecule has 0 fully saturated rings. The Morgan fingerprint density at radius 1 is 1.46 bits per heavy atom. The predicted octanol–water partition coefficient (Wildman–Crippen LogP) is 4.81. The summed E-state index contributed by atoms with van der Waals surface area (Å²) in [6.07, 6.45) is 0.909. The van der Waals surface area contributed by atoms with Gasteiger partial charge in [-0.1, -0.05) is 6.92 Å². The molecule has 134 valence electrons. The lowest BCUT2D eigenvalue weighted by molar-refractivity contribution is -0.132.